The molecular weight excluding hydrogens is 333 g/mol. The van der Waals surface area contributed by atoms with Crippen LogP contribution in [0.15, 0.2) is 34.7 Å². The van der Waals surface area contributed by atoms with Crippen molar-refractivity contribution in [1.29, 1.82) is 0 Å². The summed E-state index contributed by atoms with van der Waals surface area (Å²) in [6.45, 7) is 1.84. The van der Waals surface area contributed by atoms with Crippen molar-refractivity contribution in [2.75, 3.05) is 5.75 Å². The molecule has 2 aromatic heterocycles. The van der Waals surface area contributed by atoms with E-state index in [2.05, 4.69) is 9.97 Å². The molecule has 118 valence electrons. The van der Waals surface area contributed by atoms with E-state index < -0.39 is 0 Å². The van der Waals surface area contributed by atoms with E-state index in [4.69, 9.17) is 5.73 Å². The van der Waals surface area contributed by atoms with Gasteiger partial charge in [0, 0.05) is 23.1 Å². The lowest BCUT2D eigenvalue weighted by Gasteiger charge is -2.06. The molecule has 0 atom stereocenters. The molecule has 0 spiro atoms. The second-order valence-electron chi connectivity index (χ2n) is 4.98. The second kappa shape index (κ2) is 6.64. The highest BCUT2D eigenvalue weighted by Gasteiger charge is 2.15. The van der Waals surface area contributed by atoms with E-state index in [9.17, 15) is 9.18 Å². The maximum Gasteiger partial charge on any atom is 0.218 e. The molecule has 0 bridgehead atoms. The largest absolute Gasteiger partial charge is 0.370 e. The van der Waals surface area contributed by atoms with Gasteiger partial charge in [0.2, 0.25) is 5.91 Å². The highest BCUT2D eigenvalue weighted by molar-refractivity contribution is 7.99. The van der Waals surface area contributed by atoms with Gasteiger partial charge in [-0.15, -0.1) is 23.1 Å². The molecule has 0 radical (unpaired) electrons. The average Bonchev–Trinajstić information content (AvgIpc) is 2.91. The Labute approximate surface area is 140 Å². The molecule has 1 aromatic carbocycles. The van der Waals surface area contributed by atoms with Crippen LogP contribution in [0.3, 0.4) is 0 Å². The molecule has 0 aliphatic carbocycles. The van der Waals surface area contributed by atoms with Crippen LogP contribution < -0.4 is 5.73 Å². The zero-order chi connectivity index (χ0) is 16.4. The van der Waals surface area contributed by atoms with Gasteiger partial charge in [0.25, 0.3) is 0 Å². The first kappa shape index (κ1) is 15.9. The molecule has 0 aliphatic rings. The summed E-state index contributed by atoms with van der Waals surface area (Å²) in [4.78, 5) is 20.8. The van der Waals surface area contributed by atoms with Crippen LogP contribution in [0.1, 0.15) is 12.2 Å². The number of thiophene rings is 1. The minimum atomic E-state index is -0.330. The number of halogens is 1. The fourth-order valence-electron chi connectivity index (χ4n) is 2.21. The Morgan fingerprint density at radius 3 is 2.74 bits per heavy atom. The summed E-state index contributed by atoms with van der Waals surface area (Å²) < 4.78 is 13.1. The first-order valence-corrected chi connectivity index (χ1v) is 8.84. The van der Waals surface area contributed by atoms with Crippen molar-refractivity contribution in [3.8, 4) is 11.1 Å². The van der Waals surface area contributed by atoms with Crippen LogP contribution in [-0.4, -0.2) is 21.6 Å². The molecule has 0 unspecified atom stereocenters. The summed E-state index contributed by atoms with van der Waals surface area (Å²) >= 11 is 3.02. The molecule has 4 nitrogen and oxygen atoms in total. The molecule has 0 saturated heterocycles. The number of hydrogen-bond donors (Lipinski definition) is 1. The third-order valence-electron chi connectivity index (χ3n) is 3.25. The van der Waals surface area contributed by atoms with E-state index in [0.717, 1.165) is 26.4 Å². The normalized spacial score (nSPS) is 11.0. The molecule has 3 aromatic rings. The van der Waals surface area contributed by atoms with E-state index in [0.29, 0.717) is 18.0 Å². The van der Waals surface area contributed by atoms with Gasteiger partial charge in [-0.05, 0) is 24.6 Å². The lowest BCUT2D eigenvalue weighted by molar-refractivity contribution is -0.117. The number of thioether (sulfide) groups is 1. The zero-order valence-electron chi connectivity index (χ0n) is 12.4. The van der Waals surface area contributed by atoms with Gasteiger partial charge in [0.15, 0.2) is 0 Å². The molecule has 7 heteroatoms. The Hall–Kier alpha value is -1.99. The maximum atomic E-state index is 13.1. The van der Waals surface area contributed by atoms with Crippen molar-refractivity contribution < 1.29 is 9.18 Å². The Kier molecular flexibility index (Phi) is 4.58. The number of aromatic nitrogens is 2. The van der Waals surface area contributed by atoms with Gasteiger partial charge >= 0.3 is 0 Å². The second-order valence-corrected chi connectivity index (χ2v) is 6.92. The number of nitrogens with two attached hydrogens (primary N) is 1. The van der Waals surface area contributed by atoms with Crippen LogP contribution >= 0.6 is 23.1 Å². The molecule has 2 N–H and O–H groups in total. The molecule has 3 rings (SSSR count). The summed E-state index contributed by atoms with van der Waals surface area (Å²) in [6.07, 6.45) is 0.297. The highest BCUT2D eigenvalue weighted by atomic mass is 32.2. The van der Waals surface area contributed by atoms with Gasteiger partial charge in [-0.1, -0.05) is 12.1 Å². The predicted octanol–water partition coefficient (Wildman–Crippen LogP) is 3.77. The summed E-state index contributed by atoms with van der Waals surface area (Å²) in [6, 6.07) is 6.37. The quantitative estimate of drug-likeness (QED) is 0.563. The fraction of sp³-hybridized carbons (Fsp3) is 0.188. The molecule has 1 amide bonds. The fourth-order valence-corrected chi connectivity index (χ4v) is 4.31. The van der Waals surface area contributed by atoms with Gasteiger partial charge < -0.3 is 5.73 Å². The molecule has 23 heavy (non-hydrogen) atoms. The number of amides is 1. The Balaban J connectivity index is 2.05. The first-order chi connectivity index (χ1) is 11.0. The summed E-state index contributed by atoms with van der Waals surface area (Å²) in [5, 5.41) is 3.78. The molecule has 0 aliphatic heterocycles. The Morgan fingerprint density at radius 2 is 2.04 bits per heavy atom. The minimum absolute atomic E-state index is 0.267. The van der Waals surface area contributed by atoms with E-state index in [1.54, 1.807) is 12.1 Å². The number of carbonyl (C=O) groups excluding carboxylic acids is 1. The number of carbonyl (C=O) groups is 1. The maximum absolute atomic E-state index is 13.1. The van der Waals surface area contributed by atoms with Crippen molar-refractivity contribution in [3.63, 3.8) is 0 Å². The van der Waals surface area contributed by atoms with Crippen LogP contribution in [0.5, 0.6) is 0 Å². The third-order valence-corrected chi connectivity index (χ3v) is 5.10. The number of nitrogens with zero attached hydrogens (tertiary/aromatic N) is 2. The van der Waals surface area contributed by atoms with Gasteiger partial charge in [-0.2, -0.15) is 0 Å². The van der Waals surface area contributed by atoms with Gasteiger partial charge in [-0.3, -0.25) is 4.79 Å². The number of rotatable bonds is 5. The van der Waals surface area contributed by atoms with Crippen molar-refractivity contribution in [3.05, 3.63) is 41.3 Å². The monoisotopic (exact) mass is 347 g/mol. The van der Waals surface area contributed by atoms with E-state index in [1.807, 2.05) is 12.3 Å². The summed E-state index contributed by atoms with van der Waals surface area (Å²) in [7, 11) is 0. The number of aryl methyl sites for hydroxylation is 1. The van der Waals surface area contributed by atoms with E-state index >= 15 is 0 Å². The van der Waals surface area contributed by atoms with Crippen molar-refractivity contribution in [1.82, 2.24) is 9.97 Å². The van der Waals surface area contributed by atoms with E-state index in [-0.39, 0.29) is 11.7 Å². The van der Waals surface area contributed by atoms with Crippen LogP contribution in [0.25, 0.3) is 21.3 Å². The van der Waals surface area contributed by atoms with Crippen LogP contribution in [0.4, 0.5) is 4.39 Å². The molecule has 0 fully saturated rings. The predicted molar refractivity (Wildman–Crippen MR) is 92.1 cm³/mol. The van der Waals surface area contributed by atoms with Crippen molar-refractivity contribution >= 4 is 39.2 Å². The topological polar surface area (TPSA) is 68.9 Å². The molecular formula is C16H14FN3OS2. The van der Waals surface area contributed by atoms with E-state index in [1.165, 1.54) is 35.2 Å². The lowest BCUT2D eigenvalue weighted by Crippen LogP contribution is -2.11. The van der Waals surface area contributed by atoms with Crippen LogP contribution in [0, 0.1) is 12.7 Å². The smallest absolute Gasteiger partial charge is 0.218 e. The number of primary amides is 1. The van der Waals surface area contributed by atoms with Gasteiger partial charge in [-0.25, -0.2) is 14.4 Å². The summed E-state index contributed by atoms with van der Waals surface area (Å²) in [5.41, 5.74) is 7.09. The third kappa shape index (κ3) is 3.51. The minimum Gasteiger partial charge on any atom is -0.370 e. The zero-order valence-corrected chi connectivity index (χ0v) is 14.0. The lowest BCUT2D eigenvalue weighted by atomic mass is 10.1. The molecule has 0 saturated carbocycles. The first-order valence-electron chi connectivity index (χ1n) is 6.97. The highest BCUT2D eigenvalue weighted by Crippen LogP contribution is 2.38. The average molecular weight is 347 g/mol. The van der Waals surface area contributed by atoms with Crippen molar-refractivity contribution in [2.24, 2.45) is 5.73 Å². The Bertz CT molecular complexity index is 862. The van der Waals surface area contributed by atoms with Crippen molar-refractivity contribution in [2.45, 2.75) is 18.4 Å². The number of hydrogen-bond acceptors (Lipinski definition) is 5. The molecule has 2 heterocycles. The van der Waals surface area contributed by atoms with Gasteiger partial charge in [0.05, 0.1) is 5.39 Å². The van der Waals surface area contributed by atoms with Gasteiger partial charge in [0.1, 0.15) is 21.5 Å². The summed E-state index contributed by atoms with van der Waals surface area (Å²) in [5.74, 6) is 0.658. The van der Waals surface area contributed by atoms with Crippen LogP contribution in [-0.2, 0) is 4.79 Å². The SMILES string of the molecule is Cc1nc(SCCC(N)=O)c2c(-c3ccc(F)cc3)csc2n1. The standard InChI is InChI=1S/C16H14FN3OS2/c1-9-19-15(22-7-6-13(18)21)14-12(8-23-16(14)20-9)10-2-4-11(17)5-3-10/h2-5,8H,6-7H2,1H3,(H2,18,21). The van der Waals surface area contributed by atoms with Crippen LogP contribution in [0.2, 0.25) is 0 Å². The number of fused-ring (bicyclic) bond motifs is 1. The number of benzene rings is 1. The Morgan fingerprint density at radius 1 is 1.30 bits per heavy atom.